The molecule has 1 aliphatic heterocycles. The fourth-order valence-corrected chi connectivity index (χ4v) is 3.10. The Kier molecular flexibility index (Phi) is 3.16. The Labute approximate surface area is 127 Å². The number of carbonyl (C=O) groups is 2. The summed E-state index contributed by atoms with van der Waals surface area (Å²) < 4.78 is 1.42. The maximum Gasteiger partial charge on any atom is 0.261 e. The highest BCUT2D eigenvalue weighted by atomic mass is 16.2. The van der Waals surface area contributed by atoms with Gasteiger partial charge in [-0.15, -0.1) is 0 Å². The van der Waals surface area contributed by atoms with E-state index in [0.29, 0.717) is 16.7 Å². The Balaban J connectivity index is 2.32. The van der Waals surface area contributed by atoms with Gasteiger partial charge in [-0.3, -0.25) is 24.3 Å². The van der Waals surface area contributed by atoms with Gasteiger partial charge in [-0.2, -0.15) is 0 Å². The van der Waals surface area contributed by atoms with Crippen molar-refractivity contribution in [2.45, 2.75) is 32.1 Å². The highest BCUT2D eigenvalue weighted by Gasteiger charge is 2.41. The van der Waals surface area contributed by atoms with Gasteiger partial charge in [-0.25, -0.2) is 4.98 Å². The van der Waals surface area contributed by atoms with Crippen LogP contribution in [0.4, 0.5) is 0 Å². The topological polar surface area (TPSA) is 81.1 Å². The second kappa shape index (κ2) is 4.79. The molecule has 0 unspecified atom stereocenters. The van der Waals surface area contributed by atoms with Crippen molar-refractivity contribution in [3.63, 3.8) is 0 Å². The zero-order chi connectivity index (χ0) is 16.1. The van der Waals surface area contributed by atoms with Crippen molar-refractivity contribution >= 4 is 30.6 Å². The van der Waals surface area contributed by atoms with E-state index in [-0.39, 0.29) is 24.3 Å². The largest absolute Gasteiger partial charge is 0.295 e. The van der Waals surface area contributed by atoms with E-state index in [0.717, 1.165) is 5.56 Å². The van der Waals surface area contributed by atoms with E-state index in [1.54, 1.807) is 20.8 Å². The molecule has 1 aliphatic rings. The SMILES string of the molecule is B[C@]1(n2c(C)nc3cccc(C)c3c2=O)CCC(=O)NC1=O. The Bertz CT molecular complexity index is 874. The number of aromatic nitrogens is 2. The molecule has 112 valence electrons. The first-order valence-electron chi connectivity index (χ1n) is 7.18. The van der Waals surface area contributed by atoms with Crippen LogP contribution in [0.5, 0.6) is 0 Å². The first kappa shape index (κ1) is 14.5. The molecule has 0 radical (unpaired) electrons. The summed E-state index contributed by atoms with van der Waals surface area (Å²) in [6.07, 6.45) is 0.497. The second-order valence-corrected chi connectivity index (χ2v) is 5.92. The van der Waals surface area contributed by atoms with Crippen LogP contribution in [0.2, 0.25) is 0 Å². The van der Waals surface area contributed by atoms with Crippen LogP contribution >= 0.6 is 0 Å². The smallest absolute Gasteiger partial charge is 0.261 e. The summed E-state index contributed by atoms with van der Waals surface area (Å²) >= 11 is 0. The highest BCUT2D eigenvalue weighted by molar-refractivity contribution is 6.28. The van der Waals surface area contributed by atoms with Crippen molar-refractivity contribution in [1.82, 2.24) is 14.9 Å². The number of piperidine rings is 1. The van der Waals surface area contributed by atoms with Gasteiger partial charge in [0.2, 0.25) is 11.8 Å². The van der Waals surface area contributed by atoms with E-state index in [1.165, 1.54) is 4.57 Å². The summed E-state index contributed by atoms with van der Waals surface area (Å²) in [5, 5.41) is 2.83. The van der Waals surface area contributed by atoms with E-state index < -0.39 is 11.3 Å². The van der Waals surface area contributed by atoms with E-state index in [2.05, 4.69) is 10.3 Å². The zero-order valence-electron chi connectivity index (χ0n) is 12.8. The van der Waals surface area contributed by atoms with Gasteiger partial charge >= 0.3 is 0 Å². The molecule has 3 rings (SSSR count). The third-order valence-corrected chi connectivity index (χ3v) is 4.35. The average molecular weight is 297 g/mol. The molecule has 2 aromatic rings. The van der Waals surface area contributed by atoms with Gasteiger partial charge in [0.1, 0.15) is 13.7 Å². The fraction of sp³-hybridized carbons (Fsp3) is 0.333. The fourth-order valence-electron chi connectivity index (χ4n) is 3.10. The van der Waals surface area contributed by atoms with Gasteiger partial charge in [-0.1, -0.05) is 12.1 Å². The number of hydrogen-bond donors (Lipinski definition) is 1. The molecule has 1 aromatic heterocycles. The Morgan fingerprint density at radius 2 is 2.00 bits per heavy atom. The molecule has 6 nitrogen and oxygen atoms in total. The lowest BCUT2D eigenvalue weighted by Crippen LogP contribution is -2.58. The molecule has 2 heterocycles. The van der Waals surface area contributed by atoms with Gasteiger partial charge in [-0.05, 0) is 31.9 Å². The van der Waals surface area contributed by atoms with Crippen LogP contribution in [0.1, 0.15) is 24.2 Å². The third kappa shape index (κ3) is 1.96. The number of fused-ring (bicyclic) bond motifs is 1. The summed E-state index contributed by atoms with van der Waals surface area (Å²) in [7, 11) is 1.68. The number of rotatable bonds is 1. The van der Waals surface area contributed by atoms with Gasteiger partial charge < -0.3 is 0 Å². The van der Waals surface area contributed by atoms with Crippen molar-refractivity contribution in [3.8, 4) is 0 Å². The molecule has 1 atom stereocenters. The summed E-state index contributed by atoms with van der Waals surface area (Å²) in [6, 6.07) is 5.48. The molecule has 0 aliphatic carbocycles. The predicted molar refractivity (Wildman–Crippen MR) is 84.4 cm³/mol. The van der Waals surface area contributed by atoms with Gasteiger partial charge in [0.15, 0.2) is 0 Å². The number of nitrogens with one attached hydrogen (secondary N) is 1. The number of amides is 2. The van der Waals surface area contributed by atoms with Gasteiger partial charge in [0.05, 0.1) is 16.3 Å². The molecule has 1 fully saturated rings. The Morgan fingerprint density at radius 1 is 1.27 bits per heavy atom. The van der Waals surface area contributed by atoms with Gasteiger partial charge in [0.25, 0.3) is 5.56 Å². The Hall–Kier alpha value is -2.44. The minimum Gasteiger partial charge on any atom is -0.295 e. The predicted octanol–water partition coefficient (Wildman–Crippen LogP) is -0.264. The van der Waals surface area contributed by atoms with Crippen LogP contribution in [0.3, 0.4) is 0 Å². The first-order valence-corrected chi connectivity index (χ1v) is 7.18. The molecule has 1 N–H and O–H groups in total. The van der Waals surface area contributed by atoms with Gasteiger partial charge in [0, 0.05) is 6.42 Å². The van der Waals surface area contributed by atoms with Crippen LogP contribution in [-0.2, 0) is 15.0 Å². The lowest BCUT2D eigenvalue weighted by molar-refractivity contribution is -0.137. The summed E-state index contributed by atoms with van der Waals surface area (Å²) in [4.78, 5) is 41.2. The maximum atomic E-state index is 13.0. The highest BCUT2D eigenvalue weighted by Crippen LogP contribution is 2.24. The molecule has 2 amide bonds. The van der Waals surface area contributed by atoms with Crippen molar-refractivity contribution in [2.24, 2.45) is 0 Å². The molecule has 0 saturated carbocycles. The van der Waals surface area contributed by atoms with Crippen LogP contribution in [0, 0.1) is 13.8 Å². The molecule has 1 saturated heterocycles. The van der Waals surface area contributed by atoms with Crippen LogP contribution in [0.25, 0.3) is 10.9 Å². The summed E-state index contributed by atoms with van der Waals surface area (Å²) in [5.74, 6) is -0.295. The lowest BCUT2D eigenvalue weighted by atomic mass is 9.71. The van der Waals surface area contributed by atoms with E-state index >= 15 is 0 Å². The number of aryl methyl sites for hydroxylation is 2. The first-order chi connectivity index (χ1) is 10.3. The molecule has 1 aromatic carbocycles. The molecule has 7 heteroatoms. The monoisotopic (exact) mass is 297 g/mol. The lowest BCUT2D eigenvalue weighted by Gasteiger charge is -2.35. The molecule has 0 spiro atoms. The van der Waals surface area contributed by atoms with Crippen molar-refractivity contribution in [1.29, 1.82) is 0 Å². The minimum atomic E-state index is -1.10. The second-order valence-electron chi connectivity index (χ2n) is 5.92. The number of carbonyl (C=O) groups excluding carboxylic acids is 2. The molecule has 22 heavy (non-hydrogen) atoms. The number of nitrogens with zero attached hydrogens (tertiary/aromatic N) is 2. The maximum absolute atomic E-state index is 13.0. The number of benzene rings is 1. The van der Waals surface area contributed by atoms with E-state index in [1.807, 2.05) is 19.1 Å². The van der Waals surface area contributed by atoms with Crippen LogP contribution in [0.15, 0.2) is 23.0 Å². The summed E-state index contributed by atoms with van der Waals surface area (Å²) in [5.41, 5.74) is 0.0975. The van der Waals surface area contributed by atoms with E-state index in [9.17, 15) is 14.4 Å². The number of hydrogen-bond acceptors (Lipinski definition) is 4. The minimum absolute atomic E-state index is 0.208. The van der Waals surface area contributed by atoms with Crippen molar-refractivity contribution < 1.29 is 9.59 Å². The molecule has 0 bridgehead atoms. The van der Waals surface area contributed by atoms with Crippen molar-refractivity contribution in [2.75, 3.05) is 0 Å². The van der Waals surface area contributed by atoms with E-state index in [4.69, 9.17) is 0 Å². The quantitative estimate of drug-likeness (QED) is 0.580. The summed E-state index contributed by atoms with van der Waals surface area (Å²) in [6.45, 7) is 3.55. The average Bonchev–Trinajstić information content (AvgIpc) is 2.43. The van der Waals surface area contributed by atoms with Crippen LogP contribution in [-0.4, -0.2) is 29.2 Å². The number of imide groups is 1. The normalized spacial score (nSPS) is 21.9. The third-order valence-electron chi connectivity index (χ3n) is 4.35. The molecular weight excluding hydrogens is 281 g/mol. The van der Waals surface area contributed by atoms with Crippen LogP contribution < -0.4 is 10.9 Å². The standard InChI is InChI=1S/C15H16BN3O3/c1-8-4-3-5-10-12(8)13(21)19(9(2)17-10)15(16)7-6-11(20)18-14(15)22/h3-5H,6-7,16H2,1-2H3,(H,18,20,22)/t15-/m0/s1. The zero-order valence-corrected chi connectivity index (χ0v) is 12.8. The van der Waals surface area contributed by atoms with Crippen molar-refractivity contribution in [3.05, 3.63) is 39.9 Å². The molecular formula is C15H16BN3O3. The Morgan fingerprint density at radius 3 is 2.68 bits per heavy atom.